The van der Waals surface area contributed by atoms with E-state index in [-0.39, 0.29) is 6.79 Å². The highest BCUT2D eigenvalue weighted by Crippen LogP contribution is 2.14. The lowest BCUT2D eigenvalue weighted by atomic mass is 10.2. The van der Waals surface area contributed by atoms with Crippen LogP contribution in [-0.4, -0.2) is 13.9 Å². The molecule has 0 aliphatic rings. The number of allylic oxidation sites excluding steroid dienone is 1. The zero-order chi connectivity index (χ0) is 9.52. The van der Waals surface area contributed by atoms with E-state index in [0.29, 0.717) is 0 Å². The van der Waals surface area contributed by atoms with Crippen molar-refractivity contribution in [2.45, 2.75) is 6.92 Å². The van der Waals surface area contributed by atoms with E-state index in [1.54, 1.807) is 7.11 Å². The van der Waals surface area contributed by atoms with Gasteiger partial charge in [-0.25, -0.2) is 0 Å². The van der Waals surface area contributed by atoms with Crippen molar-refractivity contribution < 1.29 is 9.47 Å². The van der Waals surface area contributed by atoms with Crippen LogP contribution in [0.1, 0.15) is 12.5 Å². The first-order valence-corrected chi connectivity index (χ1v) is 4.22. The first kappa shape index (κ1) is 9.81. The third-order valence-corrected chi connectivity index (χ3v) is 1.65. The molecule has 0 saturated heterocycles. The molecule has 0 fully saturated rings. The Morgan fingerprint density at radius 1 is 1.31 bits per heavy atom. The molecule has 0 heterocycles. The van der Waals surface area contributed by atoms with Crippen LogP contribution in [0.15, 0.2) is 36.4 Å². The molecule has 0 spiro atoms. The summed E-state index contributed by atoms with van der Waals surface area (Å²) in [6.07, 6.45) is 1.92. The Kier molecular flexibility index (Phi) is 4.06. The molecular formula is C11H14O2. The first-order chi connectivity index (χ1) is 6.38. The molecular weight excluding hydrogens is 164 g/mol. The molecule has 0 aromatic heterocycles. The summed E-state index contributed by atoms with van der Waals surface area (Å²) < 4.78 is 10.2. The monoisotopic (exact) mass is 178 g/mol. The molecule has 0 amide bonds. The van der Waals surface area contributed by atoms with Gasteiger partial charge in [-0.3, -0.25) is 0 Å². The van der Waals surface area contributed by atoms with Crippen molar-refractivity contribution in [1.29, 1.82) is 0 Å². The van der Waals surface area contributed by atoms with Gasteiger partial charge in [-0.1, -0.05) is 30.3 Å². The molecule has 1 aromatic carbocycles. The highest BCUT2D eigenvalue weighted by Gasteiger charge is 1.98. The standard InChI is InChI=1S/C11H14O2/c1-3-11(13-9-12-2)10-7-5-4-6-8-10/h3-8H,9H2,1-2H3/b11-3-. The number of hydrogen-bond donors (Lipinski definition) is 0. The van der Waals surface area contributed by atoms with Crippen LogP contribution in [0, 0.1) is 0 Å². The van der Waals surface area contributed by atoms with Gasteiger partial charge in [-0.05, 0) is 13.0 Å². The first-order valence-electron chi connectivity index (χ1n) is 4.22. The quantitative estimate of drug-likeness (QED) is 0.521. The minimum absolute atomic E-state index is 0.286. The Bertz CT molecular complexity index is 265. The summed E-state index contributed by atoms with van der Waals surface area (Å²) in [5, 5.41) is 0. The van der Waals surface area contributed by atoms with Crippen molar-refractivity contribution in [3.05, 3.63) is 42.0 Å². The maximum Gasteiger partial charge on any atom is 0.188 e. The molecule has 1 rings (SSSR count). The van der Waals surface area contributed by atoms with Crippen molar-refractivity contribution in [3.8, 4) is 0 Å². The van der Waals surface area contributed by atoms with E-state index < -0.39 is 0 Å². The molecule has 0 aliphatic heterocycles. The van der Waals surface area contributed by atoms with Gasteiger partial charge < -0.3 is 9.47 Å². The SMILES string of the molecule is C/C=C(\OCOC)c1ccccc1. The van der Waals surface area contributed by atoms with Crippen LogP contribution in [-0.2, 0) is 9.47 Å². The second-order valence-corrected chi connectivity index (χ2v) is 2.57. The average Bonchev–Trinajstić information content (AvgIpc) is 2.21. The maximum absolute atomic E-state index is 5.37. The minimum Gasteiger partial charge on any atom is -0.467 e. The van der Waals surface area contributed by atoms with Crippen LogP contribution in [0.4, 0.5) is 0 Å². The molecule has 13 heavy (non-hydrogen) atoms. The molecule has 1 aromatic rings. The molecule has 0 bridgehead atoms. The lowest BCUT2D eigenvalue weighted by Gasteiger charge is -2.08. The van der Waals surface area contributed by atoms with Crippen molar-refractivity contribution in [2.24, 2.45) is 0 Å². The van der Waals surface area contributed by atoms with Crippen LogP contribution >= 0.6 is 0 Å². The third kappa shape index (κ3) is 2.92. The van der Waals surface area contributed by atoms with E-state index in [1.165, 1.54) is 0 Å². The van der Waals surface area contributed by atoms with Gasteiger partial charge in [0.05, 0.1) is 0 Å². The highest BCUT2D eigenvalue weighted by atomic mass is 16.7. The van der Waals surface area contributed by atoms with Crippen LogP contribution in [0.5, 0.6) is 0 Å². The predicted octanol–water partition coefficient (Wildman–Crippen LogP) is 2.67. The second kappa shape index (κ2) is 5.38. The summed E-state index contributed by atoms with van der Waals surface area (Å²) in [7, 11) is 1.61. The van der Waals surface area contributed by atoms with Crippen LogP contribution in [0.2, 0.25) is 0 Å². The average molecular weight is 178 g/mol. The van der Waals surface area contributed by atoms with E-state index in [0.717, 1.165) is 11.3 Å². The Balaban J connectivity index is 2.69. The van der Waals surface area contributed by atoms with Gasteiger partial charge in [-0.2, -0.15) is 0 Å². The third-order valence-electron chi connectivity index (χ3n) is 1.65. The zero-order valence-electron chi connectivity index (χ0n) is 7.99. The molecule has 0 unspecified atom stereocenters. The van der Waals surface area contributed by atoms with Gasteiger partial charge in [0.2, 0.25) is 0 Å². The largest absolute Gasteiger partial charge is 0.467 e. The van der Waals surface area contributed by atoms with E-state index in [9.17, 15) is 0 Å². The topological polar surface area (TPSA) is 18.5 Å². The van der Waals surface area contributed by atoms with Crippen LogP contribution < -0.4 is 0 Å². The van der Waals surface area contributed by atoms with Gasteiger partial charge in [-0.15, -0.1) is 0 Å². The van der Waals surface area contributed by atoms with E-state index in [1.807, 2.05) is 43.3 Å². The summed E-state index contributed by atoms with van der Waals surface area (Å²) in [5.74, 6) is 0.849. The zero-order valence-corrected chi connectivity index (χ0v) is 7.99. The smallest absolute Gasteiger partial charge is 0.188 e. The van der Waals surface area contributed by atoms with E-state index >= 15 is 0 Å². The fourth-order valence-electron chi connectivity index (χ4n) is 1.06. The van der Waals surface area contributed by atoms with Crippen LogP contribution in [0.25, 0.3) is 5.76 Å². The summed E-state index contributed by atoms with van der Waals surface area (Å²) in [5.41, 5.74) is 1.07. The fraction of sp³-hybridized carbons (Fsp3) is 0.273. The summed E-state index contributed by atoms with van der Waals surface area (Å²) in [6.45, 7) is 2.23. The van der Waals surface area contributed by atoms with Gasteiger partial charge in [0.1, 0.15) is 5.76 Å². The summed E-state index contributed by atoms with van der Waals surface area (Å²) in [6, 6.07) is 9.95. The molecule has 0 N–H and O–H groups in total. The Hall–Kier alpha value is -1.28. The molecule has 2 nitrogen and oxygen atoms in total. The lowest BCUT2D eigenvalue weighted by Crippen LogP contribution is -1.95. The van der Waals surface area contributed by atoms with Gasteiger partial charge in [0.15, 0.2) is 6.79 Å². The summed E-state index contributed by atoms with van der Waals surface area (Å²) in [4.78, 5) is 0. The molecule has 0 saturated carbocycles. The Labute approximate surface area is 78.8 Å². The molecule has 0 atom stereocenters. The molecule has 0 aliphatic carbocycles. The Morgan fingerprint density at radius 2 is 2.00 bits per heavy atom. The molecule has 70 valence electrons. The fourth-order valence-corrected chi connectivity index (χ4v) is 1.06. The van der Waals surface area contributed by atoms with Crippen molar-refractivity contribution in [2.75, 3.05) is 13.9 Å². The minimum atomic E-state index is 0.286. The lowest BCUT2D eigenvalue weighted by molar-refractivity contribution is 0.0316. The molecule has 0 radical (unpaired) electrons. The van der Waals surface area contributed by atoms with Gasteiger partial charge >= 0.3 is 0 Å². The normalized spacial score (nSPS) is 11.4. The van der Waals surface area contributed by atoms with Gasteiger partial charge in [0.25, 0.3) is 0 Å². The van der Waals surface area contributed by atoms with Gasteiger partial charge in [0, 0.05) is 12.7 Å². The Morgan fingerprint density at radius 3 is 2.54 bits per heavy atom. The van der Waals surface area contributed by atoms with E-state index in [2.05, 4.69) is 0 Å². The number of hydrogen-bond acceptors (Lipinski definition) is 2. The second-order valence-electron chi connectivity index (χ2n) is 2.57. The van der Waals surface area contributed by atoms with Crippen LogP contribution in [0.3, 0.4) is 0 Å². The maximum atomic E-state index is 5.37. The van der Waals surface area contributed by atoms with Crippen molar-refractivity contribution >= 4 is 5.76 Å². The predicted molar refractivity (Wildman–Crippen MR) is 53.1 cm³/mol. The van der Waals surface area contributed by atoms with E-state index in [4.69, 9.17) is 9.47 Å². The van der Waals surface area contributed by atoms with Crippen molar-refractivity contribution in [1.82, 2.24) is 0 Å². The number of methoxy groups -OCH3 is 1. The number of benzene rings is 1. The highest BCUT2D eigenvalue weighted by molar-refractivity contribution is 5.58. The summed E-state index contributed by atoms with van der Waals surface area (Å²) >= 11 is 0. The molecule has 2 heteroatoms. The number of rotatable bonds is 4. The van der Waals surface area contributed by atoms with Crippen molar-refractivity contribution in [3.63, 3.8) is 0 Å². The number of ether oxygens (including phenoxy) is 2.